The number of nitrogen functional groups attached to an aromatic ring is 1. The molecular weight excluding hydrogens is 242 g/mol. The maximum atomic E-state index is 11.5. The minimum absolute atomic E-state index is 0.0802. The maximum absolute atomic E-state index is 11.5. The number of likely N-dealkylation sites (N-methyl/N-ethyl adjacent to an activating group) is 1. The molecule has 1 aliphatic heterocycles. The van der Waals surface area contributed by atoms with E-state index in [4.69, 9.17) is 10.5 Å². The molecule has 1 aromatic rings. The van der Waals surface area contributed by atoms with Crippen LogP contribution < -0.4 is 16.2 Å². The summed E-state index contributed by atoms with van der Waals surface area (Å²) in [5.41, 5.74) is 4.13. The highest BCUT2D eigenvalue weighted by atomic mass is 16.6. The van der Waals surface area contributed by atoms with Crippen molar-refractivity contribution in [2.24, 2.45) is 0 Å². The van der Waals surface area contributed by atoms with Crippen LogP contribution in [0.1, 0.15) is 13.2 Å². The zero-order valence-corrected chi connectivity index (χ0v) is 9.99. The molecule has 9 heteroatoms. The van der Waals surface area contributed by atoms with Gasteiger partial charge < -0.3 is 15.4 Å². The number of nitro groups is 1. The van der Waals surface area contributed by atoms with E-state index < -0.39 is 22.4 Å². The van der Waals surface area contributed by atoms with E-state index in [1.54, 1.807) is 18.9 Å². The van der Waals surface area contributed by atoms with Gasteiger partial charge in [0.05, 0.1) is 11.5 Å². The standard InChI is InChI=1S/C9H13N5O4/c1-3-18-5-4-12(2)8-6(14(16)17)7(15)11-9(10)13(5)8/h5H,3-4H2,1-2H3,(H2,10,11,15)/t5-/m0/s1. The Balaban J connectivity index is 2.69. The summed E-state index contributed by atoms with van der Waals surface area (Å²) in [7, 11) is 1.64. The molecule has 1 atom stereocenters. The summed E-state index contributed by atoms with van der Waals surface area (Å²) in [4.78, 5) is 26.8. The Morgan fingerprint density at radius 2 is 2.33 bits per heavy atom. The number of aromatic nitrogens is 2. The minimum atomic E-state index is -0.937. The third kappa shape index (κ3) is 1.68. The lowest BCUT2D eigenvalue weighted by atomic mass is 10.4. The summed E-state index contributed by atoms with van der Waals surface area (Å²) in [5, 5.41) is 10.9. The summed E-state index contributed by atoms with van der Waals surface area (Å²) in [5.74, 6) is 0.0550. The molecule has 0 aromatic carbocycles. The molecular formula is C9H13N5O4. The molecule has 18 heavy (non-hydrogen) atoms. The second kappa shape index (κ2) is 4.26. The highest BCUT2D eigenvalue weighted by Gasteiger charge is 2.37. The monoisotopic (exact) mass is 255 g/mol. The first kappa shape index (κ1) is 12.3. The zero-order chi connectivity index (χ0) is 13.4. The molecule has 0 fully saturated rings. The Kier molecular flexibility index (Phi) is 2.91. The molecule has 1 aromatic heterocycles. The fraction of sp³-hybridized carbons (Fsp3) is 0.556. The normalized spacial score (nSPS) is 17.9. The largest absolute Gasteiger partial charge is 0.376 e. The minimum Gasteiger partial charge on any atom is -0.369 e. The average molecular weight is 255 g/mol. The quantitative estimate of drug-likeness (QED) is 0.583. The zero-order valence-electron chi connectivity index (χ0n) is 9.99. The van der Waals surface area contributed by atoms with Gasteiger partial charge in [0.2, 0.25) is 5.95 Å². The SMILES string of the molecule is CCO[C@H]1CN(C)c2c([N+](=O)[O-])c(=O)nc(N)n21. The van der Waals surface area contributed by atoms with Gasteiger partial charge in [-0.3, -0.25) is 19.5 Å². The van der Waals surface area contributed by atoms with Crippen LogP contribution in [-0.2, 0) is 4.74 Å². The number of anilines is 2. The van der Waals surface area contributed by atoms with Gasteiger partial charge in [-0.15, -0.1) is 0 Å². The fourth-order valence-corrected chi connectivity index (χ4v) is 2.06. The summed E-state index contributed by atoms with van der Waals surface area (Å²) >= 11 is 0. The number of ether oxygens (including phenoxy) is 1. The Bertz CT molecular complexity index is 555. The Morgan fingerprint density at radius 1 is 1.67 bits per heavy atom. The molecule has 0 unspecified atom stereocenters. The van der Waals surface area contributed by atoms with Crippen molar-refractivity contribution >= 4 is 17.5 Å². The molecule has 2 rings (SSSR count). The molecule has 0 spiro atoms. The van der Waals surface area contributed by atoms with E-state index >= 15 is 0 Å². The van der Waals surface area contributed by atoms with Gasteiger partial charge in [0.25, 0.3) is 0 Å². The van der Waals surface area contributed by atoms with E-state index in [0.29, 0.717) is 13.2 Å². The van der Waals surface area contributed by atoms with Crippen LogP contribution in [0, 0.1) is 10.1 Å². The molecule has 2 heterocycles. The summed E-state index contributed by atoms with van der Waals surface area (Å²) in [6.07, 6.45) is -0.471. The summed E-state index contributed by atoms with van der Waals surface area (Å²) < 4.78 is 6.81. The van der Waals surface area contributed by atoms with Crippen molar-refractivity contribution in [1.29, 1.82) is 0 Å². The highest BCUT2D eigenvalue weighted by molar-refractivity contribution is 5.62. The van der Waals surface area contributed by atoms with Crippen LogP contribution in [0.2, 0.25) is 0 Å². The Hall–Kier alpha value is -2.16. The molecule has 0 saturated heterocycles. The van der Waals surface area contributed by atoms with E-state index in [-0.39, 0.29) is 11.8 Å². The summed E-state index contributed by atoms with van der Waals surface area (Å²) in [6.45, 7) is 2.61. The van der Waals surface area contributed by atoms with Crippen molar-refractivity contribution in [1.82, 2.24) is 9.55 Å². The van der Waals surface area contributed by atoms with E-state index in [1.165, 1.54) is 4.57 Å². The van der Waals surface area contributed by atoms with Crippen LogP contribution >= 0.6 is 0 Å². The van der Waals surface area contributed by atoms with Crippen LogP contribution in [0.15, 0.2) is 4.79 Å². The van der Waals surface area contributed by atoms with Gasteiger partial charge in [0.15, 0.2) is 12.0 Å². The van der Waals surface area contributed by atoms with E-state index in [0.717, 1.165) is 0 Å². The Labute approximate surface area is 102 Å². The van der Waals surface area contributed by atoms with Crippen LogP contribution in [0.25, 0.3) is 0 Å². The van der Waals surface area contributed by atoms with E-state index in [9.17, 15) is 14.9 Å². The maximum Gasteiger partial charge on any atom is 0.376 e. The molecule has 98 valence electrons. The topological polar surface area (TPSA) is 117 Å². The molecule has 2 N–H and O–H groups in total. The van der Waals surface area contributed by atoms with Crippen molar-refractivity contribution in [3.63, 3.8) is 0 Å². The smallest absolute Gasteiger partial charge is 0.369 e. The Morgan fingerprint density at radius 3 is 2.89 bits per heavy atom. The van der Waals surface area contributed by atoms with Gasteiger partial charge in [-0.05, 0) is 6.92 Å². The molecule has 0 radical (unpaired) electrons. The van der Waals surface area contributed by atoms with Gasteiger partial charge >= 0.3 is 11.2 Å². The second-order valence-corrected chi connectivity index (χ2v) is 3.86. The van der Waals surface area contributed by atoms with Gasteiger partial charge in [0.1, 0.15) is 0 Å². The lowest BCUT2D eigenvalue weighted by Crippen LogP contribution is -2.22. The number of fused-ring (bicyclic) bond motifs is 1. The average Bonchev–Trinajstić information content (AvgIpc) is 2.56. The van der Waals surface area contributed by atoms with E-state index in [1.807, 2.05) is 0 Å². The van der Waals surface area contributed by atoms with Crippen molar-refractivity contribution in [3.8, 4) is 0 Å². The predicted molar refractivity (Wildman–Crippen MR) is 63.5 cm³/mol. The first-order valence-corrected chi connectivity index (χ1v) is 5.36. The van der Waals surface area contributed by atoms with Crippen LogP contribution in [0.3, 0.4) is 0 Å². The van der Waals surface area contributed by atoms with Crippen molar-refractivity contribution in [2.45, 2.75) is 13.2 Å². The first-order chi connectivity index (χ1) is 8.47. The molecule has 1 aliphatic rings. The predicted octanol–water partition coefficient (Wildman–Crippen LogP) is -0.281. The number of rotatable bonds is 3. The third-order valence-electron chi connectivity index (χ3n) is 2.73. The van der Waals surface area contributed by atoms with Crippen LogP contribution in [0.4, 0.5) is 17.5 Å². The van der Waals surface area contributed by atoms with Crippen molar-refractivity contribution in [3.05, 3.63) is 20.5 Å². The summed E-state index contributed by atoms with van der Waals surface area (Å²) in [6, 6.07) is 0. The van der Waals surface area contributed by atoms with Gasteiger partial charge in [-0.25, -0.2) is 0 Å². The van der Waals surface area contributed by atoms with E-state index in [2.05, 4.69) is 4.98 Å². The van der Waals surface area contributed by atoms with Crippen molar-refractivity contribution in [2.75, 3.05) is 30.8 Å². The molecule has 0 amide bonds. The van der Waals surface area contributed by atoms with Crippen molar-refractivity contribution < 1.29 is 9.66 Å². The van der Waals surface area contributed by atoms with Gasteiger partial charge in [-0.1, -0.05) is 0 Å². The lowest BCUT2D eigenvalue weighted by molar-refractivity contribution is -0.385. The fourth-order valence-electron chi connectivity index (χ4n) is 2.06. The molecule has 0 saturated carbocycles. The second-order valence-electron chi connectivity index (χ2n) is 3.86. The lowest BCUT2D eigenvalue weighted by Gasteiger charge is -2.14. The molecule has 9 nitrogen and oxygen atoms in total. The van der Waals surface area contributed by atoms with Gasteiger partial charge in [0, 0.05) is 13.7 Å². The number of hydrogen-bond acceptors (Lipinski definition) is 7. The molecule has 0 aliphatic carbocycles. The van der Waals surface area contributed by atoms with Crippen LogP contribution in [-0.4, -0.2) is 34.7 Å². The number of nitrogens with zero attached hydrogens (tertiary/aromatic N) is 4. The number of hydrogen-bond donors (Lipinski definition) is 1. The van der Waals surface area contributed by atoms with Gasteiger partial charge in [-0.2, -0.15) is 4.98 Å². The number of nitrogens with two attached hydrogens (primary N) is 1. The highest BCUT2D eigenvalue weighted by Crippen LogP contribution is 2.35. The third-order valence-corrected chi connectivity index (χ3v) is 2.73. The molecule has 0 bridgehead atoms. The van der Waals surface area contributed by atoms with Crippen LogP contribution in [0.5, 0.6) is 0 Å². The first-order valence-electron chi connectivity index (χ1n) is 5.36.